The van der Waals surface area contributed by atoms with Gasteiger partial charge in [0.2, 0.25) is 0 Å². The fourth-order valence-electron chi connectivity index (χ4n) is 1.71. The Hall–Kier alpha value is -2.30. The van der Waals surface area contributed by atoms with Gasteiger partial charge in [-0.25, -0.2) is 4.79 Å². The fourth-order valence-corrected chi connectivity index (χ4v) is 1.71. The van der Waals surface area contributed by atoms with Crippen molar-refractivity contribution in [2.45, 2.75) is 26.4 Å². The van der Waals surface area contributed by atoms with Crippen molar-refractivity contribution >= 4 is 5.97 Å². The highest BCUT2D eigenvalue weighted by Gasteiger charge is 2.15. The number of rotatable bonds is 3. The third kappa shape index (κ3) is 3.13. The maximum absolute atomic E-state index is 11.0. The fraction of sp³-hybridized carbons (Fsp3) is 0.286. The molecule has 0 amide bonds. The van der Waals surface area contributed by atoms with E-state index in [1.807, 2.05) is 32.9 Å². The van der Waals surface area contributed by atoms with Crippen LogP contribution < -0.4 is 4.74 Å². The van der Waals surface area contributed by atoms with Crippen LogP contribution in [0.3, 0.4) is 0 Å². The van der Waals surface area contributed by atoms with Crippen LogP contribution in [0.15, 0.2) is 30.5 Å². The van der Waals surface area contributed by atoms with E-state index in [1.54, 1.807) is 12.1 Å². The first-order chi connectivity index (χ1) is 8.87. The lowest BCUT2D eigenvalue weighted by Gasteiger charge is -2.21. The molecule has 0 saturated heterocycles. The predicted octanol–water partition coefficient (Wildman–Crippen LogP) is 2.95. The van der Waals surface area contributed by atoms with Crippen LogP contribution in [0.25, 0.3) is 11.3 Å². The Morgan fingerprint density at radius 1 is 1.26 bits per heavy atom. The van der Waals surface area contributed by atoms with Gasteiger partial charge in [-0.2, -0.15) is 5.10 Å². The molecule has 1 aromatic carbocycles. The van der Waals surface area contributed by atoms with Gasteiger partial charge in [-0.1, -0.05) is 0 Å². The summed E-state index contributed by atoms with van der Waals surface area (Å²) >= 11 is 0. The van der Waals surface area contributed by atoms with Crippen molar-refractivity contribution in [2.75, 3.05) is 0 Å². The Labute approximate surface area is 111 Å². The lowest BCUT2D eigenvalue weighted by molar-refractivity contribution is 0.0698. The molecule has 1 heterocycles. The van der Waals surface area contributed by atoms with Crippen LogP contribution in [0.4, 0.5) is 0 Å². The number of ether oxygens (including phenoxy) is 1. The molecule has 0 bridgehead atoms. The average Bonchev–Trinajstić information content (AvgIpc) is 2.76. The van der Waals surface area contributed by atoms with Crippen molar-refractivity contribution in [3.63, 3.8) is 0 Å². The van der Waals surface area contributed by atoms with Crippen molar-refractivity contribution in [3.8, 4) is 17.0 Å². The number of carbonyl (C=O) groups is 1. The third-order valence-electron chi connectivity index (χ3n) is 2.44. The second-order valence-electron chi connectivity index (χ2n) is 5.20. The van der Waals surface area contributed by atoms with E-state index in [0.29, 0.717) is 5.69 Å². The van der Waals surface area contributed by atoms with Crippen molar-refractivity contribution in [1.82, 2.24) is 10.2 Å². The molecule has 0 atom stereocenters. The molecule has 0 radical (unpaired) electrons. The molecule has 0 aliphatic carbocycles. The minimum absolute atomic E-state index is 0.157. The highest BCUT2D eigenvalue weighted by atomic mass is 16.5. The number of aromatic amines is 1. The quantitative estimate of drug-likeness (QED) is 0.889. The van der Waals surface area contributed by atoms with Crippen molar-refractivity contribution in [2.24, 2.45) is 0 Å². The number of aromatic carboxylic acids is 1. The van der Waals surface area contributed by atoms with Crippen LogP contribution in [-0.4, -0.2) is 26.9 Å². The molecule has 0 unspecified atom stereocenters. The molecule has 0 fully saturated rings. The Kier molecular flexibility index (Phi) is 3.29. The van der Waals surface area contributed by atoms with Crippen molar-refractivity contribution in [1.29, 1.82) is 0 Å². The molecule has 0 spiro atoms. The molecule has 2 N–H and O–H groups in total. The number of H-pyrrole nitrogens is 1. The average molecular weight is 260 g/mol. The second kappa shape index (κ2) is 4.76. The van der Waals surface area contributed by atoms with E-state index in [2.05, 4.69) is 10.2 Å². The van der Waals surface area contributed by atoms with Crippen LogP contribution in [0.5, 0.6) is 5.75 Å². The van der Waals surface area contributed by atoms with Gasteiger partial charge in [0, 0.05) is 5.56 Å². The molecule has 0 aliphatic rings. The molecule has 2 rings (SSSR count). The predicted molar refractivity (Wildman–Crippen MR) is 71.4 cm³/mol. The van der Waals surface area contributed by atoms with Crippen LogP contribution in [-0.2, 0) is 0 Å². The summed E-state index contributed by atoms with van der Waals surface area (Å²) in [4.78, 5) is 11.0. The van der Waals surface area contributed by atoms with Gasteiger partial charge in [0.15, 0.2) is 0 Å². The summed E-state index contributed by atoms with van der Waals surface area (Å²) in [6, 6.07) is 7.24. The zero-order chi connectivity index (χ0) is 14.0. The lowest BCUT2D eigenvalue weighted by atomic mass is 10.1. The van der Waals surface area contributed by atoms with Gasteiger partial charge in [-0.15, -0.1) is 0 Å². The first kappa shape index (κ1) is 13.1. The molecule has 0 saturated carbocycles. The molecular weight excluding hydrogens is 244 g/mol. The number of carboxylic acids is 1. The monoisotopic (exact) mass is 260 g/mol. The van der Waals surface area contributed by atoms with E-state index < -0.39 is 5.97 Å². The van der Waals surface area contributed by atoms with Crippen LogP contribution in [0.2, 0.25) is 0 Å². The van der Waals surface area contributed by atoms with Gasteiger partial charge in [0.25, 0.3) is 0 Å². The largest absolute Gasteiger partial charge is 0.488 e. The zero-order valence-electron chi connectivity index (χ0n) is 11.1. The number of benzene rings is 1. The molecule has 0 aliphatic heterocycles. The molecule has 1 aromatic heterocycles. The van der Waals surface area contributed by atoms with Gasteiger partial charge in [-0.3, -0.25) is 5.10 Å². The maximum atomic E-state index is 11.0. The molecule has 5 heteroatoms. The Balaban J connectivity index is 2.28. The number of hydrogen-bond donors (Lipinski definition) is 2. The first-order valence-corrected chi connectivity index (χ1v) is 5.93. The van der Waals surface area contributed by atoms with Crippen LogP contribution >= 0.6 is 0 Å². The minimum Gasteiger partial charge on any atom is -0.488 e. The molecule has 19 heavy (non-hydrogen) atoms. The van der Waals surface area contributed by atoms with E-state index >= 15 is 0 Å². The van der Waals surface area contributed by atoms with E-state index in [1.165, 1.54) is 6.20 Å². The summed E-state index contributed by atoms with van der Waals surface area (Å²) < 4.78 is 5.71. The Morgan fingerprint density at radius 2 is 1.89 bits per heavy atom. The lowest BCUT2D eigenvalue weighted by Crippen LogP contribution is -2.22. The number of hydrogen-bond acceptors (Lipinski definition) is 3. The zero-order valence-corrected chi connectivity index (χ0v) is 11.1. The molecule has 2 aromatic rings. The highest BCUT2D eigenvalue weighted by Crippen LogP contribution is 2.25. The van der Waals surface area contributed by atoms with E-state index in [-0.39, 0.29) is 11.2 Å². The Bertz CT molecular complexity index is 579. The van der Waals surface area contributed by atoms with Gasteiger partial charge >= 0.3 is 5.97 Å². The van der Waals surface area contributed by atoms with Crippen LogP contribution in [0, 0.1) is 0 Å². The molecule has 5 nitrogen and oxygen atoms in total. The van der Waals surface area contributed by atoms with Crippen LogP contribution in [0.1, 0.15) is 31.1 Å². The van der Waals surface area contributed by atoms with Crippen molar-refractivity contribution in [3.05, 3.63) is 36.0 Å². The summed E-state index contributed by atoms with van der Waals surface area (Å²) in [5.74, 6) is -0.258. The van der Waals surface area contributed by atoms with Gasteiger partial charge in [0.05, 0.1) is 11.9 Å². The van der Waals surface area contributed by atoms with E-state index in [0.717, 1.165) is 11.3 Å². The number of aromatic nitrogens is 2. The number of carboxylic acid groups (broad SMARTS) is 1. The maximum Gasteiger partial charge on any atom is 0.339 e. The SMILES string of the molecule is CC(C)(C)Oc1ccc(-c2[nH]ncc2C(=O)O)cc1. The van der Waals surface area contributed by atoms with Gasteiger partial charge in [-0.05, 0) is 45.0 Å². The summed E-state index contributed by atoms with van der Waals surface area (Å²) in [6.07, 6.45) is 1.30. The van der Waals surface area contributed by atoms with Gasteiger partial charge < -0.3 is 9.84 Å². The summed E-state index contributed by atoms with van der Waals surface area (Å²) in [6.45, 7) is 5.91. The normalized spacial score (nSPS) is 11.3. The molecule has 100 valence electrons. The number of nitrogens with one attached hydrogen (secondary N) is 1. The summed E-state index contributed by atoms with van der Waals surface area (Å²) in [7, 11) is 0. The van der Waals surface area contributed by atoms with Gasteiger partial charge in [0.1, 0.15) is 16.9 Å². The molecular formula is C14H16N2O3. The minimum atomic E-state index is -1.00. The number of nitrogens with zero attached hydrogens (tertiary/aromatic N) is 1. The second-order valence-corrected chi connectivity index (χ2v) is 5.20. The standard InChI is InChI=1S/C14H16N2O3/c1-14(2,3)19-10-6-4-9(5-7-10)12-11(13(17)18)8-15-16-12/h4-8H,1-3H3,(H,15,16)(H,17,18). The van der Waals surface area contributed by atoms with Crippen molar-refractivity contribution < 1.29 is 14.6 Å². The topological polar surface area (TPSA) is 75.2 Å². The van der Waals surface area contributed by atoms with E-state index in [4.69, 9.17) is 9.84 Å². The summed E-state index contributed by atoms with van der Waals surface area (Å²) in [5, 5.41) is 15.5. The van der Waals surface area contributed by atoms with E-state index in [9.17, 15) is 4.79 Å². The highest BCUT2D eigenvalue weighted by molar-refractivity contribution is 5.94. The Morgan fingerprint density at radius 3 is 2.42 bits per heavy atom. The third-order valence-corrected chi connectivity index (χ3v) is 2.44. The first-order valence-electron chi connectivity index (χ1n) is 5.93. The smallest absolute Gasteiger partial charge is 0.339 e. The summed E-state index contributed by atoms with van der Waals surface area (Å²) in [5.41, 5.74) is 1.15.